The Morgan fingerprint density at radius 1 is 1.04 bits per heavy atom. The second kappa shape index (κ2) is 14.6. The van der Waals surface area contributed by atoms with Crippen LogP contribution in [0.5, 0.6) is 0 Å². The van der Waals surface area contributed by atoms with Gasteiger partial charge in [-0.2, -0.15) is 31.4 Å². The molecule has 52 heavy (non-hydrogen) atoms. The number of nitrogens with one attached hydrogen (secondary N) is 1. The molecule has 0 saturated carbocycles. The Morgan fingerprint density at radius 2 is 1.71 bits per heavy atom. The molecule has 0 radical (unpaired) electrons. The predicted molar refractivity (Wildman–Crippen MR) is 182 cm³/mol. The summed E-state index contributed by atoms with van der Waals surface area (Å²) in [6.07, 6.45) is -4.21. The Kier molecular flexibility index (Phi) is 10.9. The second-order valence-electron chi connectivity index (χ2n) is 14.2. The van der Waals surface area contributed by atoms with Gasteiger partial charge in [-0.15, -0.1) is 0 Å². The van der Waals surface area contributed by atoms with Crippen LogP contribution in [0.3, 0.4) is 0 Å². The van der Waals surface area contributed by atoms with Gasteiger partial charge in [-0.1, -0.05) is 19.6 Å². The van der Waals surface area contributed by atoms with E-state index in [-0.39, 0.29) is 29.0 Å². The van der Waals surface area contributed by atoms with Crippen molar-refractivity contribution in [3.63, 3.8) is 0 Å². The first-order valence-corrected chi connectivity index (χ1v) is 20.1. The van der Waals surface area contributed by atoms with Crippen molar-refractivity contribution in [1.29, 1.82) is 0 Å². The Balaban J connectivity index is 1.21. The lowest BCUT2D eigenvalue weighted by Crippen LogP contribution is -2.69. The van der Waals surface area contributed by atoms with Crippen molar-refractivity contribution in [3.05, 3.63) is 75.1 Å². The summed E-state index contributed by atoms with van der Waals surface area (Å²) in [6.45, 7) is 6.68. The first-order chi connectivity index (χ1) is 24.2. The minimum atomic E-state index is -4.95. The minimum absolute atomic E-state index is 0.0403. The molecule has 3 aromatic heterocycles. The highest BCUT2D eigenvalue weighted by Crippen LogP contribution is 2.40. The van der Waals surface area contributed by atoms with E-state index in [0.717, 1.165) is 18.3 Å². The fraction of sp³-hybridized carbons (Fsp3) is 0.485. The van der Waals surface area contributed by atoms with Gasteiger partial charge in [-0.3, -0.25) is 9.59 Å². The average Bonchev–Trinajstić information content (AvgIpc) is 3.02. The normalized spacial score (nSPS) is 15.5. The highest BCUT2D eigenvalue weighted by atomic mass is 28.3. The van der Waals surface area contributed by atoms with Crippen molar-refractivity contribution >= 4 is 30.2 Å². The second-order valence-corrected chi connectivity index (χ2v) is 19.8. The van der Waals surface area contributed by atoms with Crippen molar-refractivity contribution in [2.45, 2.75) is 82.7 Å². The summed E-state index contributed by atoms with van der Waals surface area (Å²) < 4.78 is 103. The number of halogens is 7. The molecule has 1 atom stereocenters. The molecule has 1 saturated heterocycles. The number of aromatic nitrogens is 5. The topological polar surface area (TPSA) is 127 Å². The maximum absolute atomic E-state index is 15.2. The van der Waals surface area contributed by atoms with Crippen molar-refractivity contribution in [2.75, 3.05) is 29.9 Å². The van der Waals surface area contributed by atoms with Crippen LogP contribution in [0, 0.1) is 5.82 Å². The number of benzene rings is 1. The SMILES string of the molecule is CC(CCCn1ccc2cc(-c3ncc(N4CC(O)(C(F)(F)F)C4)cn3)c(F)cc2c1=O)Nc1cnn(COCC[Si](C)(C)C)c(=O)c1C(F)(F)F. The summed E-state index contributed by atoms with van der Waals surface area (Å²) in [7, 11) is -1.44. The third-order valence-electron chi connectivity index (χ3n) is 8.72. The number of aliphatic hydroxyl groups is 1. The summed E-state index contributed by atoms with van der Waals surface area (Å²) in [6, 6.07) is 4.22. The third-order valence-corrected chi connectivity index (χ3v) is 10.4. The molecular weight excluding hydrogens is 719 g/mol. The van der Waals surface area contributed by atoms with E-state index in [4.69, 9.17) is 4.74 Å². The molecule has 1 unspecified atom stereocenters. The molecule has 0 bridgehead atoms. The van der Waals surface area contributed by atoms with E-state index in [1.807, 2.05) is 0 Å². The molecule has 0 spiro atoms. The van der Waals surface area contributed by atoms with Gasteiger partial charge in [0.1, 0.15) is 18.1 Å². The number of aryl methyl sites for hydroxylation is 1. The lowest BCUT2D eigenvalue weighted by Gasteiger charge is -2.47. The maximum Gasteiger partial charge on any atom is 0.423 e. The average molecular weight is 758 g/mol. The molecular formula is C33H38F7N7O4Si. The van der Waals surface area contributed by atoms with Crippen molar-refractivity contribution in [2.24, 2.45) is 0 Å². The largest absolute Gasteiger partial charge is 0.423 e. The van der Waals surface area contributed by atoms with Gasteiger partial charge in [-0.05, 0) is 49.4 Å². The zero-order valence-corrected chi connectivity index (χ0v) is 29.8. The van der Waals surface area contributed by atoms with Crippen LogP contribution in [0.25, 0.3) is 22.2 Å². The van der Waals surface area contributed by atoms with Gasteiger partial charge in [0, 0.05) is 33.5 Å². The summed E-state index contributed by atoms with van der Waals surface area (Å²) in [5.41, 5.74) is -6.33. The first kappa shape index (κ1) is 38.9. The van der Waals surface area contributed by atoms with Crippen LogP contribution in [-0.2, 0) is 24.2 Å². The number of anilines is 2. The van der Waals surface area contributed by atoms with Gasteiger partial charge in [-0.25, -0.2) is 19.0 Å². The van der Waals surface area contributed by atoms with Crippen LogP contribution < -0.4 is 21.3 Å². The van der Waals surface area contributed by atoms with E-state index in [9.17, 15) is 41.0 Å². The lowest BCUT2D eigenvalue weighted by molar-refractivity contribution is -0.267. The van der Waals surface area contributed by atoms with Gasteiger partial charge in [0.2, 0.25) is 0 Å². The van der Waals surface area contributed by atoms with E-state index < -0.39 is 80.1 Å². The van der Waals surface area contributed by atoms with Gasteiger partial charge >= 0.3 is 12.4 Å². The Morgan fingerprint density at radius 3 is 2.33 bits per heavy atom. The van der Waals surface area contributed by atoms with Crippen LogP contribution in [0.4, 0.5) is 42.1 Å². The number of alkyl halides is 6. The fourth-order valence-electron chi connectivity index (χ4n) is 5.62. The number of fused-ring (bicyclic) bond motifs is 1. The highest BCUT2D eigenvalue weighted by molar-refractivity contribution is 6.76. The molecule has 0 aliphatic carbocycles. The van der Waals surface area contributed by atoms with E-state index in [1.54, 1.807) is 13.0 Å². The van der Waals surface area contributed by atoms with Crippen LogP contribution >= 0.6 is 0 Å². The molecule has 1 fully saturated rings. The summed E-state index contributed by atoms with van der Waals surface area (Å²) in [5, 5.41) is 16.7. The maximum atomic E-state index is 15.2. The van der Waals surface area contributed by atoms with E-state index >= 15 is 4.39 Å². The number of hydrogen-bond donors (Lipinski definition) is 2. The summed E-state index contributed by atoms with van der Waals surface area (Å²) in [5.74, 6) is -0.870. The number of hydrogen-bond acceptors (Lipinski definition) is 9. The summed E-state index contributed by atoms with van der Waals surface area (Å²) in [4.78, 5) is 35.3. The van der Waals surface area contributed by atoms with Gasteiger partial charge < -0.3 is 24.6 Å². The molecule has 2 N–H and O–H groups in total. The number of β-amino-alcohol motifs (C(OH)–C–C–N with tert-alkyl or cyclic N) is 1. The van der Waals surface area contributed by atoms with Crippen LogP contribution in [0.15, 0.2) is 52.6 Å². The zero-order valence-electron chi connectivity index (χ0n) is 28.8. The minimum Gasteiger partial charge on any atom is -0.381 e. The van der Waals surface area contributed by atoms with Crippen LogP contribution in [0.1, 0.15) is 25.3 Å². The molecule has 1 aliphatic rings. The Labute approximate surface area is 294 Å². The van der Waals surface area contributed by atoms with Crippen LogP contribution in [-0.4, -0.2) is 75.0 Å². The Bertz CT molecular complexity index is 2020. The van der Waals surface area contributed by atoms with Gasteiger partial charge in [0.05, 0.1) is 54.0 Å². The van der Waals surface area contributed by atoms with E-state index in [0.29, 0.717) is 29.5 Å². The molecule has 19 heteroatoms. The molecule has 1 aromatic carbocycles. The van der Waals surface area contributed by atoms with Crippen molar-refractivity contribution in [1.82, 2.24) is 24.3 Å². The fourth-order valence-corrected chi connectivity index (χ4v) is 6.38. The van der Waals surface area contributed by atoms with Gasteiger partial charge in [0.25, 0.3) is 11.1 Å². The summed E-state index contributed by atoms with van der Waals surface area (Å²) >= 11 is 0. The molecule has 4 aromatic rings. The Hall–Kier alpha value is -4.36. The zero-order chi connectivity index (χ0) is 38.2. The number of nitrogens with zero attached hydrogens (tertiary/aromatic N) is 6. The number of pyridine rings is 1. The highest BCUT2D eigenvalue weighted by Gasteiger charge is 2.61. The smallest absolute Gasteiger partial charge is 0.381 e. The predicted octanol–water partition coefficient (Wildman–Crippen LogP) is 5.88. The first-order valence-electron chi connectivity index (χ1n) is 16.4. The molecule has 0 amide bonds. The molecule has 282 valence electrons. The van der Waals surface area contributed by atoms with Crippen LogP contribution in [0.2, 0.25) is 25.7 Å². The quantitative estimate of drug-likeness (QED) is 0.0977. The third kappa shape index (κ3) is 8.63. The molecule has 1 aliphatic heterocycles. The molecule has 5 rings (SSSR count). The van der Waals surface area contributed by atoms with E-state index in [1.165, 1.54) is 34.1 Å². The van der Waals surface area contributed by atoms with Crippen molar-refractivity contribution in [3.8, 4) is 11.4 Å². The number of rotatable bonds is 13. The van der Waals surface area contributed by atoms with Crippen molar-refractivity contribution < 1.29 is 40.6 Å². The lowest BCUT2D eigenvalue weighted by atomic mass is 9.93. The van der Waals surface area contributed by atoms with Gasteiger partial charge in [0.15, 0.2) is 11.4 Å². The standard InChI is InChI=1S/C33H38F7N7O4Si/c1-20(44-26-16-43-47(19-51-10-11-52(2,3)4)30(49)27(26)32(35,36)37)6-5-8-45-9-7-21-12-24(25(34)13-23(21)29(45)48)28-41-14-22(15-42-28)46-17-31(50,18-46)33(38,39)40/h7,9,12-16,20,44,50H,5-6,8,10-11,17-19H2,1-4H3. The monoisotopic (exact) mass is 757 g/mol. The number of ether oxygens (including phenoxy) is 1. The molecule has 4 heterocycles. The van der Waals surface area contributed by atoms with E-state index in [2.05, 4.69) is 40.0 Å². The molecule has 11 nitrogen and oxygen atoms in total.